The molecule has 0 aromatic rings. The van der Waals surface area contributed by atoms with Gasteiger partial charge in [-0.3, -0.25) is 14.4 Å². The molecule has 0 saturated carbocycles. The van der Waals surface area contributed by atoms with Crippen LogP contribution in [0.15, 0.2) is 0 Å². The molecule has 0 spiro atoms. The minimum absolute atomic E-state index is 0.0618. The standard InChI is InChI=1S/C59H114O6/c1-5-8-10-12-14-16-18-19-20-21-22-23-28-32-36-40-44-48-52-59(62)65-56(53-63-57(60)50-46-42-38-34-29-17-15-13-11-9-6-2)54-64-58(61)51-47-43-39-35-31-27-25-24-26-30-33-37-41-45-49-55(4)7-3/h55-56H,5-54H2,1-4H3/t55?,56-/m1/s1. The number of carbonyl (C=O) groups excluding carboxylic acids is 3. The largest absolute Gasteiger partial charge is 0.462 e. The highest BCUT2D eigenvalue weighted by Gasteiger charge is 2.19. The van der Waals surface area contributed by atoms with Crippen molar-refractivity contribution in [2.24, 2.45) is 5.92 Å². The maximum atomic E-state index is 12.9. The smallest absolute Gasteiger partial charge is 0.306 e. The molecule has 0 heterocycles. The molecule has 0 aliphatic rings. The van der Waals surface area contributed by atoms with Gasteiger partial charge >= 0.3 is 17.9 Å². The van der Waals surface area contributed by atoms with E-state index in [-0.39, 0.29) is 31.1 Å². The van der Waals surface area contributed by atoms with E-state index in [9.17, 15) is 14.4 Å². The normalized spacial score (nSPS) is 12.4. The van der Waals surface area contributed by atoms with Crippen LogP contribution in [-0.4, -0.2) is 37.2 Å². The van der Waals surface area contributed by atoms with Gasteiger partial charge in [0.15, 0.2) is 6.10 Å². The second-order valence-electron chi connectivity index (χ2n) is 20.5. The number of esters is 3. The lowest BCUT2D eigenvalue weighted by atomic mass is 9.99. The molecule has 0 radical (unpaired) electrons. The molecular formula is C59H114O6. The second-order valence-corrected chi connectivity index (χ2v) is 20.5. The third kappa shape index (κ3) is 51.6. The molecule has 65 heavy (non-hydrogen) atoms. The summed E-state index contributed by atoms with van der Waals surface area (Å²) in [6.45, 7) is 9.09. The first-order valence-electron chi connectivity index (χ1n) is 29.4. The lowest BCUT2D eigenvalue weighted by Crippen LogP contribution is -2.30. The molecule has 0 rings (SSSR count). The van der Waals surface area contributed by atoms with Crippen LogP contribution in [0.3, 0.4) is 0 Å². The van der Waals surface area contributed by atoms with Gasteiger partial charge in [0.05, 0.1) is 0 Å². The summed E-state index contributed by atoms with van der Waals surface area (Å²) in [5, 5.41) is 0. The summed E-state index contributed by atoms with van der Waals surface area (Å²) in [5.74, 6) is 0.0605. The van der Waals surface area contributed by atoms with Gasteiger partial charge in [-0.25, -0.2) is 0 Å². The van der Waals surface area contributed by atoms with Gasteiger partial charge in [0, 0.05) is 19.3 Å². The highest BCUT2D eigenvalue weighted by Crippen LogP contribution is 2.18. The Balaban J connectivity index is 4.25. The lowest BCUT2D eigenvalue weighted by molar-refractivity contribution is -0.167. The van der Waals surface area contributed by atoms with E-state index in [1.807, 2.05) is 0 Å². The molecule has 0 amide bonds. The molecule has 6 heteroatoms. The van der Waals surface area contributed by atoms with E-state index in [0.717, 1.165) is 63.7 Å². The predicted molar refractivity (Wildman–Crippen MR) is 280 cm³/mol. The quantitative estimate of drug-likeness (QED) is 0.0344. The van der Waals surface area contributed by atoms with E-state index >= 15 is 0 Å². The van der Waals surface area contributed by atoms with Crippen molar-refractivity contribution in [1.29, 1.82) is 0 Å². The first-order valence-corrected chi connectivity index (χ1v) is 29.4. The predicted octanol–water partition coefficient (Wildman–Crippen LogP) is 19.4. The molecule has 0 aliphatic carbocycles. The van der Waals surface area contributed by atoms with Gasteiger partial charge in [-0.05, 0) is 25.2 Å². The zero-order valence-corrected chi connectivity index (χ0v) is 44.5. The molecule has 0 aliphatic heterocycles. The number of carbonyl (C=O) groups is 3. The van der Waals surface area contributed by atoms with Crippen LogP contribution in [0.4, 0.5) is 0 Å². The molecule has 6 nitrogen and oxygen atoms in total. The Hall–Kier alpha value is -1.59. The zero-order valence-electron chi connectivity index (χ0n) is 44.5. The number of ether oxygens (including phenoxy) is 3. The Morgan fingerprint density at radius 2 is 0.538 bits per heavy atom. The number of rotatable bonds is 54. The number of hydrogen-bond donors (Lipinski definition) is 0. The second kappa shape index (κ2) is 53.4. The van der Waals surface area contributed by atoms with E-state index in [1.165, 1.54) is 231 Å². The summed E-state index contributed by atoms with van der Waals surface area (Å²) in [7, 11) is 0. The third-order valence-corrected chi connectivity index (χ3v) is 13.9. The molecule has 0 bridgehead atoms. The van der Waals surface area contributed by atoms with Crippen LogP contribution in [-0.2, 0) is 28.6 Å². The van der Waals surface area contributed by atoms with Crippen molar-refractivity contribution in [2.45, 2.75) is 342 Å². The van der Waals surface area contributed by atoms with E-state index in [2.05, 4.69) is 27.7 Å². The number of hydrogen-bond acceptors (Lipinski definition) is 6. The SMILES string of the molecule is CCCCCCCCCCCCCCCCCCCCC(=O)O[C@H](COC(=O)CCCCCCCCCCCCC)COC(=O)CCCCCCCCCCCCCCCCC(C)CC. The molecule has 386 valence electrons. The number of unbranched alkanes of at least 4 members (excludes halogenated alkanes) is 40. The zero-order chi connectivity index (χ0) is 47.4. The maximum absolute atomic E-state index is 12.9. The molecule has 0 fully saturated rings. The van der Waals surface area contributed by atoms with Crippen LogP contribution in [0, 0.1) is 5.92 Å². The maximum Gasteiger partial charge on any atom is 0.306 e. The average molecular weight is 920 g/mol. The van der Waals surface area contributed by atoms with Crippen LogP contribution in [0.2, 0.25) is 0 Å². The highest BCUT2D eigenvalue weighted by molar-refractivity contribution is 5.71. The van der Waals surface area contributed by atoms with Crippen LogP contribution in [0.1, 0.15) is 336 Å². The first-order chi connectivity index (χ1) is 31.9. The van der Waals surface area contributed by atoms with E-state index in [1.54, 1.807) is 0 Å². The van der Waals surface area contributed by atoms with Gasteiger partial charge in [0.25, 0.3) is 0 Å². The summed E-state index contributed by atoms with van der Waals surface area (Å²) >= 11 is 0. The summed E-state index contributed by atoms with van der Waals surface area (Å²) in [6.07, 6.45) is 58.0. The van der Waals surface area contributed by atoms with Crippen molar-refractivity contribution in [2.75, 3.05) is 13.2 Å². The van der Waals surface area contributed by atoms with Crippen LogP contribution in [0.5, 0.6) is 0 Å². The van der Waals surface area contributed by atoms with Gasteiger partial charge < -0.3 is 14.2 Å². The van der Waals surface area contributed by atoms with Crippen molar-refractivity contribution >= 4 is 17.9 Å². The Kier molecular flexibility index (Phi) is 52.1. The van der Waals surface area contributed by atoms with E-state index < -0.39 is 6.10 Å². The van der Waals surface area contributed by atoms with Crippen molar-refractivity contribution in [3.63, 3.8) is 0 Å². The van der Waals surface area contributed by atoms with Gasteiger partial charge in [-0.15, -0.1) is 0 Å². The summed E-state index contributed by atoms with van der Waals surface area (Å²) < 4.78 is 16.9. The Morgan fingerprint density at radius 1 is 0.308 bits per heavy atom. The van der Waals surface area contributed by atoms with Gasteiger partial charge in [0.2, 0.25) is 0 Å². The molecule has 1 unspecified atom stereocenters. The third-order valence-electron chi connectivity index (χ3n) is 13.9. The van der Waals surface area contributed by atoms with Crippen LogP contribution < -0.4 is 0 Å². The van der Waals surface area contributed by atoms with Crippen LogP contribution >= 0.6 is 0 Å². The summed E-state index contributed by atoms with van der Waals surface area (Å²) in [4.78, 5) is 38.1. The van der Waals surface area contributed by atoms with Crippen LogP contribution in [0.25, 0.3) is 0 Å². The molecule has 2 atom stereocenters. The lowest BCUT2D eigenvalue weighted by Gasteiger charge is -2.18. The minimum Gasteiger partial charge on any atom is -0.462 e. The highest BCUT2D eigenvalue weighted by atomic mass is 16.6. The molecular weight excluding hydrogens is 805 g/mol. The van der Waals surface area contributed by atoms with Crippen molar-refractivity contribution in [1.82, 2.24) is 0 Å². The molecule has 0 aromatic carbocycles. The fourth-order valence-corrected chi connectivity index (χ4v) is 9.07. The Morgan fingerprint density at radius 3 is 0.800 bits per heavy atom. The van der Waals surface area contributed by atoms with Crippen molar-refractivity contribution in [3.05, 3.63) is 0 Å². The van der Waals surface area contributed by atoms with E-state index in [4.69, 9.17) is 14.2 Å². The average Bonchev–Trinajstić information content (AvgIpc) is 3.30. The van der Waals surface area contributed by atoms with Crippen molar-refractivity contribution in [3.8, 4) is 0 Å². The molecule has 0 aromatic heterocycles. The fourth-order valence-electron chi connectivity index (χ4n) is 9.07. The van der Waals surface area contributed by atoms with Gasteiger partial charge in [-0.1, -0.05) is 297 Å². The fraction of sp³-hybridized carbons (Fsp3) is 0.949. The Bertz CT molecular complexity index is 982. The molecule has 0 N–H and O–H groups in total. The Labute approximate surface area is 406 Å². The van der Waals surface area contributed by atoms with Gasteiger partial charge in [0.1, 0.15) is 13.2 Å². The summed E-state index contributed by atoms with van der Waals surface area (Å²) in [5.41, 5.74) is 0. The van der Waals surface area contributed by atoms with Crippen molar-refractivity contribution < 1.29 is 28.6 Å². The van der Waals surface area contributed by atoms with E-state index in [0.29, 0.717) is 19.3 Å². The van der Waals surface area contributed by atoms with Gasteiger partial charge in [-0.2, -0.15) is 0 Å². The molecule has 0 saturated heterocycles. The first kappa shape index (κ1) is 63.4. The minimum atomic E-state index is -0.761. The topological polar surface area (TPSA) is 78.9 Å². The summed E-state index contributed by atoms with van der Waals surface area (Å²) in [6, 6.07) is 0. The monoisotopic (exact) mass is 919 g/mol.